The SMILES string of the molecule is CCCC1(CCC)CN(Cc2ccccc2)CC1C(=O)O. The summed E-state index contributed by atoms with van der Waals surface area (Å²) < 4.78 is 0. The van der Waals surface area contributed by atoms with E-state index in [-0.39, 0.29) is 11.3 Å². The van der Waals surface area contributed by atoms with Crippen LogP contribution < -0.4 is 0 Å². The third-order valence-electron chi connectivity index (χ3n) is 4.76. The van der Waals surface area contributed by atoms with Crippen LogP contribution in [0.3, 0.4) is 0 Å². The Morgan fingerprint density at radius 1 is 1.24 bits per heavy atom. The number of hydrogen-bond donors (Lipinski definition) is 1. The Bertz CT molecular complexity index is 452. The van der Waals surface area contributed by atoms with Gasteiger partial charge in [0.1, 0.15) is 0 Å². The highest BCUT2D eigenvalue weighted by molar-refractivity contribution is 5.72. The first kappa shape index (κ1) is 16.0. The number of carboxylic acids is 1. The molecule has 1 saturated heterocycles. The van der Waals surface area contributed by atoms with Crippen molar-refractivity contribution in [2.75, 3.05) is 13.1 Å². The molecule has 1 aliphatic heterocycles. The summed E-state index contributed by atoms with van der Waals surface area (Å²) in [7, 11) is 0. The molecule has 0 amide bonds. The van der Waals surface area contributed by atoms with Crippen LogP contribution in [0.15, 0.2) is 30.3 Å². The molecular formula is C18H27NO2. The molecule has 116 valence electrons. The number of benzene rings is 1. The highest BCUT2D eigenvalue weighted by atomic mass is 16.4. The van der Waals surface area contributed by atoms with Crippen molar-refractivity contribution in [2.24, 2.45) is 11.3 Å². The molecule has 1 heterocycles. The molecule has 0 saturated carbocycles. The van der Waals surface area contributed by atoms with Gasteiger partial charge in [-0.15, -0.1) is 0 Å². The first-order valence-electron chi connectivity index (χ1n) is 8.10. The van der Waals surface area contributed by atoms with Crippen molar-refractivity contribution in [1.29, 1.82) is 0 Å². The number of carboxylic acid groups (broad SMARTS) is 1. The Labute approximate surface area is 128 Å². The van der Waals surface area contributed by atoms with Crippen molar-refractivity contribution in [1.82, 2.24) is 4.90 Å². The predicted octanol–water partition coefficient (Wildman–Crippen LogP) is 3.79. The summed E-state index contributed by atoms with van der Waals surface area (Å²) in [6.07, 6.45) is 4.15. The summed E-state index contributed by atoms with van der Waals surface area (Å²) in [5.74, 6) is -0.839. The largest absolute Gasteiger partial charge is 0.481 e. The van der Waals surface area contributed by atoms with Gasteiger partial charge in [0, 0.05) is 19.6 Å². The number of carbonyl (C=O) groups is 1. The van der Waals surface area contributed by atoms with Crippen molar-refractivity contribution in [3.05, 3.63) is 35.9 Å². The van der Waals surface area contributed by atoms with E-state index in [0.29, 0.717) is 6.54 Å². The number of hydrogen-bond acceptors (Lipinski definition) is 2. The lowest BCUT2D eigenvalue weighted by Crippen LogP contribution is -2.35. The first-order valence-corrected chi connectivity index (χ1v) is 8.10. The normalized spacial score (nSPS) is 21.5. The van der Waals surface area contributed by atoms with E-state index in [2.05, 4.69) is 30.9 Å². The van der Waals surface area contributed by atoms with Crippen molar-refractivity contribution >= 4 is 5.97 Å². The van der Waals surface area contributed by atoms with Gasteiger partial charge >= 0.3 is 5.97 Å². The van der Waals surface area contributed by atoms with E-state index in [9.17, 15) is 9.90 Å². The van der Waals surface area contributed by atoms with Crippen LogP contribution in [-0.2, 0) is 11.3 Å². The maximum absolute atomic E-state index is 11.7. The smallest absolute Gasteiger partial charge is 0.308 e. The minimum Gasteiger partial charge on any atom is -0.481 e. The maximum atomic E-state index is 11.7. The minimum absolute atomic E-state index is 0.0376. The second-order valence-corrected chi connectivity index (χ2v) is 6.41. The van der Waals surface area contributed by atoms with E-state index < -0.39 is 5.97 Å². The Hall–Kier alpha value is -1.35. The van der Waals surface area contributed by atoms with Crippen LogP contribution in [-0.4, -0.2) is 29.1 Å². The quantitative estimate of drug-likeness (QED) is 0.830. The van der Waals surface area contributed by atoms with E-state index in [1.54, 1.807) is 0 Å². The molecule has 1 N–H and O–H groups in total. The van der Waals surface area contributed by atoms with E-state index >= 15 is 0 Å². The number of likely N-dealkylation sites (tertiary alicyclic amines) is 1. The molecular weight excluding hydrogens is 262 g/mol. The molecule has 3 nitrogen and oxygen atoms in total. The molecule has 1 aliphatic rings. The Kier molecular flexibility index (Phi) is 5.40. The monoisotopic (exact) mass is 289 g/mol. The number of aliphatic carboxylic acids is 1. The third-order valence-corrected chi connectivity index (χ3v) is 4.76. The molecule has 1 unspecified atom stereocenters. The number of nitrogens with zero attached hydrogens (tertiary/aromatic N) is 1. The van der Waals surface area contributed by atoms with Crippen LogP contribution in [0, 0.1) is 11.3 Å². The molecule has 0 radical (unpaired) electrons. The molecule has 1 atom stereocenters. The van der Waals surface area contributed by atoms with Gasteiger partial charge in [-0.05, 0) is 23.8 Å². The summed E-state index contributed by atoms with van der Waals surface area (Å²) in [4.78, 5) is 14.1. The van der Waals surface area contributed by atoms with E-state index in [4.69, 9.17) is 0 Å². The zero-order chi connectivity index (χ0) is 15.3. The Morgan fingerprint density at radius 3 is 2.38 bits per heavy atom. The topological polar surface area (TPSA) is 40.5 Å². The van der Waals surface area contributed by atoms with Gasteiger partial charge in [0.25, 0.3) is 0 Å². The average molecular weight is 289 g/mol. The van der Waals surface area contributed by atoms with Crippen molar-refractivity contribution in [3.63, 3.8) is 0 Å². The van der Waals surface area contributed by atoms with Crippen molar-refractivity contribution in [2.45, 2.75) is 46.1 Å². The summed E-state index contributed by atoms with van der Waals surface area (Å²) in [5, 5.41) is 9.66. The minimum atomic E-state index is -0.618. The Balaban J connectivity index is 2.15. The fourth-order valence-electron chi connectivity index (χ4n) is 4.00. The van der Waals surface area contributed by atoms with Gasteiger partial charge in [-0.3, -0.25) is 9.69 Å². The summed E-state index contributed by atoms with van der Waals surface area (Å²) in [6.45, 7) is 6.79. The van der Waals surface area contributed by atoms with Gasteiger partial charge in [0.15, 0.2) is 0 Å². The van der Waals surface area contributed by atoms with Gasteiger partial charge < -0.3 is 5.11 Å². The van der Waals surface area contributed by atoms with Crippen LogP contribution in [0.2, 0.25) is 0 Å². The van der Waals surface area contributed by atoms with Gasteiger partial charge in [-0.25, -0.2) is 0 Å². The zero-order valence-corrected chi connectivity index (χ0v) is 13.2. The van der Waals surface area contributed by atoms with E-state index in [1.165, 1.54) is 5.56 Å². The third kappa shape index (κ3) is 3.65. The standard InChI is InChI=1S/C18H27NO2/c1-3-10-18(11-4-2)14-19(13-16(18)17(20)21)12-15-8-6-5-7-9-15/h5-9,16H,3-4,10-14H2,1-2H3,(H,20,21). The number of rotatable bonds is 7. The first-order chi connectivity index (χ1) is 10.1. The fraction of sp³-hybridized carbons (Fsp3) is 0.611. The molecule has 1 aromatic carbocycles. The lowest BCUT2D eigenvalue weighted by molar-refractivity contribution is -0.145. The van der Waals surface area contributed by atoms with Crippen LogP contribution in [0.25, 0.3) is 0 Å². The molecule has 0 aromatic heterocycles. The van der Waals surface area contributed by atoms with E-state index in [1.807, 2.05) is 18.2 Å². The van der Waals surface area contributed by atoms with Gasteiger partial charge in [0.05, 0.1) is 5.92 Å². The van der Waals surface area contributed by atoms with Gasteiger partial charge in [-0.2, -0.15) is 0 Å². The molecule has 1 fully saturated rings. The molecule has 0 spiro atoms. The summed E-state index contributed by atoms with van der Waals surface area (Å²) >= 11 is 0. The van der Waals surface area contributed by atoms with Crippen LogP contribution in [0.1, 0.15) is 45.1 Å². The lowest BCUT2D eigenvalue weighted by Gasteiger charge is -2.32. The van der Waals surface area contributed by atoms with Gasteiger partial charge in [0.2, 0.25) is 0 Å². The molecule has 21 heavy (non-hydrogen) atoms. The summed E-state index contributed by atoms with van der Waals surface area (Å²) in [5.41, 5.74) is 1.23. The fourth-order valence-corrected chi connectivity index (χ4v) is 4.00. The van der Waals surface area contributed by atoms with E-state index in [0.717, 1.165) is 38.8 Å². The Morgan fingerprint density at radius 2 is 1.86 bits per heavy atom. The van der Waals surface area contributed by atoms with Gasteiger partial charge in [-0.1, -0.05) is 57.0 Å². The average Bonchev–Trinajstić information content (AvgIpc) is 2.79. The summed E-state index contributed by atoms with van der Waals surface area (Å²) in [6, 6.07) is 10.4. The lowest BCUT2D eigenvalue weighted by atomic mass is 9.71. The van der Waals surface area contributed by atoms with Crippen LogP contribution in [0.4, 0.5) is 0 Å². The maximum Gasteiger partial charge on any atom is 0.308 e. The predicted molar refractivity (Wildman–Crippen MR) is 85.1 cm³/mol. The molecule has 0 bridgehead atoms. The molecule has 3 heteroatoms. The second-order valence-electron chi connectivity index (χ2n) is 6.41. The van der Waals surface area contributed by atoms with Crippen molar-refractivity contribution in [3.8, 4) is 0 Å². The second kappa shape index (κ2) is 7.08. The molecule has 2 rings (SSSR count). The highest BCUT2D eigenvalue weighted by Gasteiger charge is 2.48. The zero-order valence-electron chi connectivity index (χ0n) is 13.2. The van der Waals surface area contributed by atoms with Crippen LogP contribution in [0.5, 0.6) is 0 Å². The molecule has 1 aromatic rings. The molecule has 0 aliphatic carbocycles. The van der Waals surface area contributed by atoms with Crippen molar-refractivity contribution < 1.29 is 9.90 Å². The van der Waals surface area contributed by atoms with Crippen LogP contribution >= 0.6 is 0 Å². The highest BCUT2D eigenvalue weighted by Crippen LogP contribution is 2.44.